The minimum atomic E-state index is -0.459. The van der Waals surface area contributed by atoms with Crippen LogP contribution in [0.4, 0.5) is 0 Å². The van der Waals surface area contributed by atoms with Crippen LogP contribution in [-0.2, 0) is 9.47 Å². The van der Waals surface area contributed by atoms with Crippen molar-refractivity contribution in [2.24, 2.45) is 5.73 Å². The molecule has 1 aromatic carbocycles. The Hall–Kier alpha value is -1.10. The molecule has 1 aromatic rings. The summed E-state index contributed by atoms with van der Waals surface area (Å²) in [7, 11) is 0. The topological polar surface area (TPSA) is 53.7 Å². The van der Waals surface area contributed by atoms with Crippen molar-refractivity contribution in [3.63, 3.8) is 0 Å². The van der Waals surface area contributed by atoms with E-state index in [0.29, 0.717) is 19.6 Å². The third-order valence-electron chi connectivity index (χ3n) is 4.27. The predicted molar refractivity (Wildman–Crippen MR) is 76.8 cm³/mol. The molecule has 1 heterocycles. The first-order chi connectivity index (χ1) is 9.58. The van der Waals surface area contributed by atoms with Crippen LogP contribution >= 0.6 is 0 Å². The van der Waals surface area contributed by atoms with Crippen molar-refractivity contribution in [2.45, 2.75) is 51.0 Å². The lowest BCUT2D eigenvalue weighted by atomic mass is 9.88. The lowest BCUT2D eigenvalue weighted by Gasteiger charge is -2.39. The quantitative estimate of drug-likeness (QED) is 0.901. The zero-order valence-corrected chi connectivity index (χ0v) is 12.2. The molecule has 4 heteroatoms. The fourth-order valence-corrected chi connectivity index (χ4v) is 3.12. The highest BCUT2D eigenvalue weighted by molar-refractivity contribution is 5.36. The van der Waals surface area contributed by atoms with Crippen LogP contribution in [0.3, 0.4) is 0 Å². The fraction of sp³-hybridized carbons (Fsp3) is 0.625. The molecule has 20 heavy (non-hydrogen) atoms. The molecule has 0 bridgehead atoms. The standard InChI is InChI=1S/C16H23NO3/c1-11-3-4-14(12(2)9-11)20-15-10-16(6-5-13(15)17)18-7-8-19-16/h3-4,9,13,15H,5-8,10,17H2,1-2H3. The molecule has 1 aliphatic carbocycles. The number of ether oxygens (including phenoxy) is 3. The largest absolute Gasteiger partial charge is 0.488 e. The molecule has 2 N–H and O–H groups in total. The van der Waals surface area contributed by atoms with Crippen LogP contribution in [0.2, 0.25) is 0 Å². The molecule has 4 nitrogen and oxygen atoms in total. The molecular weight excluding hydrogens is 254 g/mol. The zero-order chi connectivity index (χ0) is 14.2. The van der Waals surface area contributed by atoms with E-state index in [1.165, 1.54) is 5.56 Å². The second-order valence-electron chi connectivity index (χ2n) is 5.94. The number of benzene rings is 1. The van der Waals surface area contributed by atoms with Gasteiger partial charge in [-0.05, 0) is 31.9 Å². The van der Waals surface area contributed by atoms with Gasteiger partial charge in [0.15, 0.2) is 5.79 Å². The molecule has 1 saturated carbocycles. The Morgan fingerprint density at radius 1 is 1.25 bits per heavy atom. The first-order valence-electron chi connectivity index (χ1n) is 7.35. The molecule has 2 fully saturated rings. The smallest absolute Gasteiger partial charge is 0.172 e. The van der Waals surface area contributed by atoms with Crippen LogP contribution in [0.25, 0.3) is 0 Å². The monoisotopic (exact) mass is 277 g/mol. The molecule has 110 valence electrons. The Balaban J connectivity index is 1.74. The highest BCUT2D eigenvalue weighted by atomic mass is 16.7. The van der Waals surface area contributed by atoms with Crippen LogP contribution in [0.5, 0.6) is 5.75 Å². The number of rotatable bonds is 2. The van der Waals surface area contributed by atoms with E-state index >= 15 is 0 Å². The number of hydrogen-bond donors (Lipinski definition) is 1. The van der Waals surface area contributed by atoms with Gasteiger partial charge in [0.1, 0.15) is 11.9 Å². The third kappa shape index (κ3) is 2.68. The van der Waals surface area contributed by atoms with Crippen LogP contribution in [0, 0.1) is 13.8 Å². The van der Waals surface area contributed by atoms with Gasteiger partial charge in [0.05, 0.1) is 13.2 Å². The van der Waals surface area contributed by atoms with Gasteiger partial charge in [-0.15, -0.1) is 0 Å². The summed E-state index contributed by atoms with van der Waals surface area (Å²) in [5.74, 6) is 0.449. The van der Waals surface area contributed by atoms with E-state index in [9.17, 15) is 0 Å². The van der Waals surface area contributed by atoms with Gasteiger partial charge in [0, 0.05) is 18.9 Å². The molecule has 1 spiro atoms. The second kappa shape index (κ2) is 5.35. The molecule has 0 radical (unpaired) electrons. The van der Waals surface area contributed by atoms with Crippen LogP contribution in [0.1, 0.15) is 30.4 Å². The van der Waals surface area contributed by atoms with Crippen LogP contribution < -0.4 is 10.5 Å². The maximum absolute atomic E-state index is 6.22. The summed E-state index contributed by atoms with van der Waals surface area (Å²) in [6.45, 7) is 5.49. The Morgan fingerprint density at radius 2 is 2.00 bits per heavy atom. The van der Waals surface area contributed by atoms with E-state index in [-0.39, 0.29) is 12.1 Å². The summed E-state index contributed by atoms with van der Waals surface area (Å²) in [5, 5.41) is 0. The van der Waals surface area contributed by atoms with Gasteiger partial charge in [-0.3, -0.25) is 0 Å². The van der Waals surface area contributed by atoms with Gasteiger partial charge in [0.2, 0.25) is 0 Å². The van der Waals surface area contributed by atoms with Crippen molar-refractivity contribution in [2.75, 3.05) is 13.2 Å². The molecule has 2 unspecified atom stereocenters. The van der Waals surface area contributed by atoms with Crippen molar-refractivity contribution in [1.29, 1.82) is 0 Å². The maximum atomic E-state index is 6.22. The van der Waals surface area contributed by atoms with E-state index in [0.717, 1.165) is 24.2 Å². The van der Waals surface area contributed by atoms with Gasteiger partial charge < -0.3 is 19.9 Å². The fourth-order valence-electron chi connectivity index (χ4n) is 3.12. The van der Waals surface area contributed by atoms with E-state index in [1.54, 1.807) is 0 Å². The van der Waals surface area contributed by atoms with E-state index in [1.807, 2.05) is 6.07 Å². The average molecular weight is 277 g/mol. The molecule has 2 atom stereocenters. The summed E-state index contributed by atoms with van der Waals surface area (Å²) < 4.78 is 17.7. The van der Waals surface area contributed by atoms with E-state index in [2.05, 4.69) is 26.0 Å². The van der Waals surface area contributed by atoms with Crippen molar-refractivity contribution in [3.8, 4) is 5.75 Å². The van der Waals surface area contributed by atoms with Gasteiger partial charge >= 0.3 is 0 Å². The molecule has 0 aromatic heterocycles. The molecule has 2 aliphatic rings. The highest BCUT2D eigenvalue weighted by Gasteiger charge is 2.45. The summed E-state index contributed by atoms with van der Waals surface area (Å²) in [5.41, 5.74) is 8.60. The van der Waals surface area contributed by atoms with Crippen molar-refractivity contribution < 1.29 is 14.2 Å². The number of hydrogen-bond acceptors (Lipinski definition) is 4. The van der Waals surface area contributed by atoms with E-state index in [4.69, 9.17) is 19.9 Å². The Labute approximate surface area is 120 Å². The third-order valence-corrected chi connectivity index (χ3v) is 4.27. The number of aryl methyl sites for hydroxylation is 2. The molecule has 0 amide bonds. The SMILES string of the molecule is Cc1ccc(OC2CC3(CCC2N)OCCO3)c(C)c1. The molecule has 1 aliphatic heterocycles. The average Bonchev–Trinajstić information content (AvgIpc) is 2.86. The first kappa shape index (κ1) is 13.9. The first-order valence-corrected chi connectivity index (χ1v) is 7.35. The number of nitrogens with two attached hydrogens (primary N) is 1. The Bertz CT molecular complexity index is 483. The van der Waals surface area contributed by atoms with Gasteiger partial charge in [-0.1, -0.05) is 17.7 Å². The van der Waals surface area contributed by atoms with Gasteiger partial charge in [-0.25, -0.2) is 0 Å². The Kier molecular flexibility index (Phi) is 3.71. The van der Waals surface area contributed by atoms with Gasteiger partial charge in [0.25, 0.3) is 0 Å². The normalized spacial score (nSPS) is 28.8. The van der Waals surface area contributed by atoms with Crippen LogP contribution in [-0.4, -0.2) is 31.1 Å². The lowest BCUT2D eigenvalue weighted by molar-refractivity contribution is -0.195. The summed E-state index contributed by atoms with van der Waals surface area (Å²) in [6.07, 6.45) is 2.39. The van der Waals surface area contributed by atoms with Crippen molar-refractivity contribution in [1.82, 2.24) is 0 Å². The zero-order valence-electron chi connectivity index (χ0n) is 12.2. The highest BCUT2D eigenvalue weighted by Crippen LogP contribution is 2.37. The van der Waals surface area contributed by atoms with Crippen molar-refractivity contribution >= 4 is 0 Å². The molecule has 1 saturated heterocycles. The molecular formula is C16H23NO3. The minimum Gasteiger partial charge on any atom is -0.488 e. The summed E-state index contributed by atoms with van der Waals surface area (Å²) in [4.78, 5) is 0. The lowest BCUT2D eigenvalue weighted by Crippen LogP contribution is -2.51. The van der Waals surface area contributed by atoms with Crippen molar-refractivity contribution in [3.05, 3.63) is 29.3 Å². The second-order valence-corrected chi connectivity index (χ2v) is 5.94. The summed E-state index contributed by atoms with van der Waals surface area (Å²) in [6, 6.07) is 6.25. The van der Waals surface area contributed by atoms with E-state index < -0.39 is 5.79 Å². The minimum absolute atomic E-state index is 0.0362. The maximum Gasteiger partial charge on any atom is 0.172 e. The molecule has 3 rings (SSSR count). The van der Waals surface area contributed by atoms with Crippen LogP contribution in [0.15, 0.2) is 18.2 Å². The summed E-state index contributed by atoms with van der Waals surface area (Å²) >= 11 is 0. The Morgan fingerprint density at radius 3 is 2.70 bits per heavy atom. The predicted octanol–water partition coefficient (Wildman–Crippen LogP) is 2.31. The van der Waals surface area contributed by atoms with Gasteiger partial charge in [-0.2, -0.15) is 0 Å².